The number of thiophene rings is 1. The Hall–Kier alpha value is -2.65. The van der Waals surface area contributed by atoms with Crippen molar-refractivity contribution >= 4 is 50.8 Å². The number of hydrogen-bond acceptors (Lipinski definition) is 7. The molecular weight excluding hydrogens is 420 g/mol. The molecular formula is C21H24N4O3S2. The molecule has 0 unspecified atom stereocenters. The Bertz CT molecular complexity index is 1050. The van der Waals surface area contributed by atoms with Crippen molar-refractivity contribution < 1.29 is 14.3 Å². The van der Waals surface area contributed by atoms with Gasteiger partial charge in [0.1, 0.15) is 21.9 Å². The van der Waals surface area contributed by atoms with Gasteiger partial charge in [-0.3, -0.25) is 9.59 Å². The standard InChI is InChI=1S/C21H24N4O3S2/c1-5-25(10-17(26)24-15-6-8-16(28-4)9-7-15)18(27)11-29-20-19-13(2)14(3)30-21(19)23-12-22-20/h6-9,12H,5,10-11H2,1-4H3,(H,24,26). The van der Waals surface area contributed by atoms with E-state index >= 15 is 0 Å². The molecule has 1 aromatic carbocycles. The fourth-order valence-corrected chi connectivity index (χ4v) is 4.93. The number of rotatable bonds is 8. The largest absolute Gasteiger partial charge is 0.497 e. The normalized spacial score (nSPS) is 10.8. The quantitative estimate of drug-likeness (QED) is 0.419. The number of hydrogen-bond donors (Lipinski definition) is 1. The van der Waals surface area contributed by atoms with Crippen LogP contribution in [0.15, 0.2) is 35.6 Å². The number of fused-ring (bicyclic) bond motifs is 1. The van der Waals surface area contributed by atoms with Crippen LogP contribution in [0.1, 0.15) is 17.4 Å². The van der Waals surface area contributed by atoms with Crippen molar-refractivity contribution in [3.8, 4) is 5.75 Å². The highest BCUT2D eigenvalue weighted by molar-refractivity contribution is 8.00. The molecule has 2 heterocycles. The molecule has 0 aliphatic carbocycles. The highest BCUT2D eigenvalue weighted by Gasteiger charge is 2.18. The van der Waals surface area contributed by atoms with E-state index in [1.807, 2.05) is 13.8 Å². The van der Waals surface area contributed by atoms with Gasteiger partial charge in [-0.1, -0.05) is 11.8 Å². The van der Waals surface area contributed by atoms with Gasteiger partial charge in [-0.25, -0.2) is 9.97 Å². The second kappa shape index (κ2) is 9.90. The summed E-state index contributed by atoms with van der Waals surface area (Å²) < 4.78 is 5.11. The lowest BCUT2D eigenvalue weighted by molar-refractivity contribution is -0.132. The first-order valence-electron chi connectivity index (χ1n) is 9.48. The number of aromatic nitrogens is 2. The summed E-state index contributed by atoms with van der Waals surface area (Å²) in [6.07, 6.45) is 1.53. The fraction of sp³-hybridized carbons (Fsp3) is 0.333. The average Bonchev–Trinajstić information content (AvgIpc) is 3.05. The summed E-state index contributed by atoms with van der Waals surface area (Å²) >= 11 is 3.01. The van der Waals surface area contributed by atoms with Crippen molar-refractivity contribution in [3.05, 3.63) is 41.0 Å². The molecule has 30 heavy (non-hydrogen) atoms. The number of amides is 2. The van der Waals surface area contributed by atoms with Crippen LogP contribution in [0.5, 0.6) is 5.75 Å². The first kappa shape index (κ1) is 22.0. The van der Waals surface area contributed by atoms with Crippen molar-refractivity contribution in [1.82, 2.24) is 14.9 Å². The summed E-state index contributed by atoms with van der Waals surface area (Å²) in [5.41, 5.74) is 1.81. The SMILES string of the molecule is CCN(CC(=O)Nc1ccc(OC)cc1)C(=O)CSc1ncnc2sc(C)c(C)c12. The molecule has 0 saturated carbocycles. The number of nitrogens with one attached hydrogen (secondary N) is 1. The third kappa shape index (κ3) is 5.09. The average molecular weight is 445 g/mol. The number of likely N-dealkylation sites (N-methyl/N-ethyl adjacent to an activating group) is 1. The van der Waals surface area contributed by atoms with E-state index in [1.54, 1.807) is 42.7 Å². The monoisotopic (exact) mass is 444 g/mol. The summed E-state index contributed by atoms with van der Waals surface area (Å²) in [6.45, 7) is 6.41. The highest BCUT2D eigenvalue weighted by atomic mass is 32.2. The van der Waals surface area contributed by atoms with E-state index in [4.69, 9.17) is 4.74 Å². The summed E-state index contributed by atoms with van der Waals surface area (Å²) in [6, 6.07) is 7.06. The van der Waals surface area contributed by atoms with Crippen LogP contribution in [-0.2, 0) is 9.59 Å². The predicted molar refractivity (Wildman–Crippen MR) is 121 cm³/mol. The number of thioether (sulfide) groups is 1. The van der Waals surface area contributed by atoms with Crippen LogP contribution in [0, 0.1) is 13.8 Å². The second-order valence-electron chi connectivity index (χ2n) is 6.62. The van der Waals surface area contributed by atoms with Crippen LogP contribution >= 0.6 is 23.1 Å². The van der Waals surface area contributed by atoms with Crippen LogP contribution in [-0.4, -0.2) is 52.6 Å². The third-order valence-corrected chi connectivity index (χ3v) is 6.80. The number of aryl methyl sites for hydroxylation is 2. The molecule has 9 heteroatoms. The van der Waals surface area contributed by atoms with E-state index in [2.05, 4.69) is 22.2 Å². The van der Waals surface area contributed by atoms with Crippen LogP contribution in [0.2, 0.25) is 0 Å². The molecule has 0 bridgehead atoms. The molecule has 3 rings (SSSR count). The Morgan fingerprint density at radius 1 is 1.20 bits per heavy atom. The van der Waals surface area contributed by atoms with Crippen LogP contribution in [0.4, 0.5) is 5.69 Å². The smallest absolute Gasteiger partial charge is 0.243 e. The number of anilines is 1. The Morgan fingerprint density at radius 3 is 2.60 bits per heavy atom. The molecule has 158 valence electrons. The van der Waals surface area contributed by atoms with E-state index in [0.717, 1.165) is 20.8 Å². The minimum Gasteiger partial charge on any atom is -0.497 e. The minimum atomic E-state index is -0.242. The van der Waals surface area contributed by atoms with Gasteiger partial charge in [-0.05, 0) is 50.6 Å². The van der Waals surface area contributed by atoms with Gasteiger partial charge >= 0.3 is 0 Å². The molecule has 0 aliphatic heterocycles. The van der Waals surface area contributed by atoms with Gasteiger partial charge in [0.25, 0.3) is 0 Å². The van der Waals surface area contributed by atoms with Crippen molar-refractivity contribution in [1.29, 1.82) is 0 Å². The van der Waals surface area contributed by atoms with Crippen molar-refractivity contribution in [2.24, 2.45) is 0 Å². The minimum absolute atomic E-state index is 0.00229. The topological polar surface area (TPSA) is 84.4 Å². The fourth-order valence-electron chi connectivity index (χ4n) is 2.91. The van der Waals surface area contributed by atoms with Crippen LogP contribution in [0.25, 0.3) is 10.2 Å². The van der Waals surface area contributed by atoms with Crippen LogP contribution in [0.3, 0.4) is 0 Å². The molecule has 3 aromatic rings. The highest BCUT2D eigenvalue weighted by Crippen LogP contribution is 2.34. The molecule has 0 radical (unpaired) electrons. The molecule has 0 fully saturated rings. The zero-order chi connectivity index (χ0) is 21.7. The van der Waals surface area contributed by atoms with E-state index < -0.39 is 0 Å². The molecule has 0 atom stereocenters. The lowest BCUT2D eigenvalue weighted by Gasteiger charge is -2.20. The van der Waals surface area contributed by atoms with E-state index in [0.29, 0.717) is 18.0 Å². The Balaban J connectivity index is 1.60. The van der Waals surface area contributed by atoms with Gasteiger partial charge in [0.15, 0.2) is 0 Å². The van der Waals surface area contributed by atoms with Crippen molar-refractivity contribution in [3.63, 3.8) is 0 Å². The Labute approximate surface area is 183 Å². The number of carbonyl (C=O) groups is 2. The lowest BCUT2D eigenvalue weighted by Crippen LogP contribution is -2.38. The molecule has 0 saturated heterocycles. The summed E-state index contributed by atoms with van der Waals surface area (Å²) in [5, 5.41) is 4.62. The number of ether oxygens (including phenoxy) is 1. The number of carbonyl (C=O) groups excluding carboxylic acids is 2. The van der Waals surface area contributed by atoms with Gasteiger partial charge in [-0.15, -0.1) is 11.3 Å². The molecule has 2 aromatic heterocycles. The molecule has 2 amide bonds. The van der Waals surface area contributed by atoms with E-state index in [1.165, 1.54) is 27.9 Å². The third-order valence-electron chi connectivity index (χ3n) is 4.71. The Morgan fingerprint density at radius 2 is 1.93 bits per heavy atom. The van der Waals surface area contributed by atoms with E-state index in [9.17, 15) is 9.59 Å². The number of nitrogens with zero attached hydrogens (tertiary/aromatic N) is 3. The first-order valence-corrected chi connectivity index (χ1v) is 11.3. The maximum atomic E-state index is 12.7. The molecule has 1 N–H and O–H groups in total. The maximum Gasteiger partial charge on any atom is 0.243 e. The molecule has 0 aliphatic rings. The number of benzene rings is 1. The zero-order valence-corrected chi connectivity index (χ0v) is 19.0. The van der Waals surface area contributed by atoms with Crippen LogP contribution < -0.4 is 10.1 Å². The van der Waals surface area contributed by atoms with E-state index in [-0.39, 0.29) is 24.1 Å². The second-order valence-corrected chi connectivity index (χ2v) is 8.78. The lowest BCUT2D eigenvalue weighted by atomic mass is 10.2. The number of methoxy groups -OCH3 is 1. The van der Waals surface area contributed by atoms with Crippen molar-refractivity contribution in [2.45, 2.75) is 25.8 Å². The molecule has 7 nitrogen and oxygen atoms in total. The summed E-state index contributed by atoms with van der Waals surface area (Å²) in [7, 11) is 1.59. The van der Waals surface area contributed by atoms with Gasteiger partial charge in [0.05, 0.1) is 19.4 Å². The van der Waals surface area contributed by atoms with Gasteiger partial charge in [-0.2, -0.15) is 0 Å². The van der Waals surface area contributed by atoms with Gasteiger partial charge < -0.3 is 15.0 Å². The zero-order valence-electron chi connectivity index (χ0n) is 17.4. The molecule has 0 spiro atoms. The summed E-state index contributed by atoms with van der Waals surface area (Å²) in [4.78, 5) is 37.5. The first-order chi connectivity index (χ1) is 14.4. The van der Waals surface area contributed by atoms with Gasteiger partial charge in [0.2, 0.25) is 11.8 Å². The maximum absolute atomic E-state index is 12.7. The van der Waals surface area contributed by atoms with Gasteiger partial charge in [0, 0.05) is 22.5 Å². The Kier molecular flexibility index (Phi) is 7.28. The summed E-state index contributed by atoms with van der Waals surface area (Å²) in [5.74, 6) is 0.576. The van der Waals surface area contributed by atoms with Crippen molar-refractivity contribution in [2.75, 3.05) is 31.3 Å². The predicted octanol–water partition coefficient (Wildman–Crippen LogP) is 3.90.